The molecular weight excluding hydrogens is 374 g/mol. The van der Waals surface area contributed by atoms with Gasteiger partial charge in [0.2, 0.25) is 0 Å². The summed E-state index contributed by atoms with van der Waals surface area (Å²) in [5.41, 5.74) is 1.92. The van der Waals surface area contributed by atoms with Crippen LogP contribution in [0.25, 0.3) is 0 Å². The number of halogens is 1. The lowest BCUT2D eigenvalue weighted by atomic mass is 9.96. The van der Waals surface area contributed by atoms with E-state index in [1.807, 2.05) is 6.07 Å². The molecule has 2 aromatic carbocycles. The van der Waals surface area contributed by atoms with E-state index in [1.165, 1.54) is 5.56 Å². The quantitative estimate of drug-likeness (QED) is 0.732. The number of anilines is 1. The Balaban J connectivity index is 1.33. The van der Waals surface area contributed by atoms with Crippen molar-refractivity contribution >= 4 is 29.1 Å². The molecule has 1 aliphatic rings. The number of carbonyl (C=O) groups is 2. The molecule has 0 spiro atoms. The zero-order valence-corrected chi connectivity index (χ0v) is 16.6. The molecule has 0 aromatic heterocycles. The summed E-state index contributed by atoms with van der Waals surface area (Å²) in [5, 5.41) is 5.92. The number of carbonyl (C=O) groups excluding carboxylic acids is 2. The zero-order valence-electron chi connectivity index (χ0n) is 15.9. The molecule has 2 amide bonds. The molecule has 3 rings (SSSR count). The summed E-state index contributed by atoms with van der Waals surface area (Å²) in [6.07, 6.45) is 3.13. The van der Waals surface area contributed by atoms with E-state index in [2.05, 4.69) is 39.8 Å². The van der Waals surface area contributed by atoms with Crippen LogP contribution in [0.2, 0.25) is 5.02 Å². The fraction of sp³-hybridized carbons (Fsp3) is 0.364. The minimum atomic E-state index is -0.650. The van der Waals surface area contributed by atoms with Crippen LogP contribution in [-0.4, -0.2) is 42.9 Å². The first-order valence-electron chi connectivity index (χ1n) is 9.71. The van der Waals surface area contributed by atoms with Gasteiger partial charge in [0.1, 0.15) is 0 Å². The predicted octanol–water partition coefficient (Wildman–Crippen LogP) is 3.35. The van der Waals surface area contributed by atoms with Crippen molar-refractivity contribution in [3.63, 3.8) is 0 Å². The van der Waals surface area contributed by atoms with E-state index in [0.29, 0.717) is 23.2 Å². The Morgan fingerprint density at radius 2 is 1.64 bits per heavy atom. The van der Waals surface area contributed by atoms with Gasteiger partial charge in [0, 0.05) is 23.8 Å². The molecule has 5 nitrogen and oxygen atoms in total. The monoisotopic (exact) mass is 399 g/mol. The molecule has 148 valence electrons. The summed E-state index contributed by atoms with van der Waals surface area (Å²) >= 11 is 5.81. The van der Waals surface area contributed by atoms with E-state index in [9.17, 15) is 9.59 Å². The standard InChI is InChI=1S/C22H26ClN3O2/c23-19-6-8-20(9-7-19)25-22(28)21(27)24-16-18-11-14-26(15-12-18)13-10-17-4-2-1-3-5-17/h1-9,18H,10-16H2,(H,24,27)(H,25,28). The van der Waals surface area contributed by atoms with Crippen molar-refractivity contribution in [3.05, 3.63) is 65.2 Å². The highest BCUT2D eigenvalue weighted by atomic mass is 35.5. The first kappa shape index (κ1) is 20.4. The number of hydrogen-bond acceptors (Lipinski definition) is 3. The van der Waals surface area contributed by atoms with Crippen LogP contribution in [-0.2, 0) is 16.0 Å². The zero-order chi connectivity index (χ0) is 19.8. The molecule has 0 radical (unpaired) electrons. The summed E-state index contributed by atoms with van der Waals surface area (Å²) < 4.78 is 0. The Morgan fingerprint density at radius 1 is 0.964 bits per heavy atom. The summed E-state index contributed by atoms with van der Waals surface area (Å²) in [6, 6.07) is 17.2. The molecule has 0 atom stereocenters. The highest BCUT2D eigenvalue weighted by Gasteiger charge is 2.21. The molecule has 0 bridgehead atoms. The normalized spacial score (nSPS) is 15.2. The first-order valence-corrected chi connectivity index (χ1v) is 10.1. The van der Waals surface area contributed by atoms with Crippen LogP contribution in [0.15, 0.2) is 54.6 Å². The number of likely N-dealkylation sites (tertiary alicyclic amines) is 1. The van der Waals surface area contributed by atoms with Gasteiger partial charge >= 0.3 is 11.8 Å². The van der Waals surface area contributed by atoms with E-state index < -0.39 is 11.8 Å². The van der Waals surface area contributed by atoms with Gasteiger partial charge < -0.3 is 15.5 Å². The van der Waals surface area contributed by atoms with E-state index >= 15 is 0 Å². The van der Waals surface area contributed by atoms with Crippen molar-refractivity contribution in [3.8, 4) is 0 Å². The van der Waals surface area contributed by atoms with Crippen molar-refractivity contribution < 1.29 is 9.59 Å². The summed E-state index contributed by atoms with van der Waals surface area (Å²) in [7, 11) is 0. The van der Waals surface area contributed by atoms with Gasteiger partial charge in [-0.25, -0.2) is 0 Å². The second-order valence-electron chi connectivity index (χ2n) is 7.19. The van der Waals surface area contributed by atoms with Crippen LogP contribution in [0.5, 0.6) is 0 Å². The molecule has 2 N–H and O–H groups in total. The summed E-state index contributed by atoms with van der Waals surface area (Å²) in [5.74, 6) is -0.829. The van der Waals surface area contributed by atoms with Crippen LogP contribution in [0.1, 0.15) is 18.4 Å². The molecule has 1 fully saturated rings. The fourth-order valence-electron chi connectivity index (χ4n) is 3.38. The Kier molecular flexibility index (Phi) is 7.46. The van der Waals surface area contributed by atoms with Gasteiger partial charge in [0.05, 0.1) is 0 Å². The van der Waals surface area contributed by atoms with Crippen molar-refractivity contribution in [1.29, 1.82) is 0 Å². The van der Waals surface area contributed by atoms with Crippen LogP contribution >= 0.6 is 11.6 Å². The van der Waals surface area contributed by atoms with Crippen LogP contribution in [0.4, 0.5) is 5.69 Å². The molecule has 0 unspecified atom stereocenters. The number of amides is 2. The Morgan fingerprint density at radius 3 is 2.32 bits per heavy atom. The Bertz CT molecular complexity index is 772. The summed E-state index contributed by atoms with van der Waals surface area (Å²) in [6.45, 7) is 3.67. The molecule has 28 heavy (non-hydrogen) atoms. The number of rotatable bonds is 6. The summed E-state index contributed by atoms with van der Waals surface area (Å²) in [4.78, 5) is 26.5. The maximum absolute atomic E-state index is 12.0. The van der Waals surface area contributed by atoms with E-state index in [0.717, 1.165) is 38.9 Å². The number of piperidine rings is 1. The Labute approximate surface area is 171 Å². The first-order chi connectivity index (χ1) is 13.6. The second kappa shape index (κ2) is 10.2. The number of hydrogen-bond donors (Lipinski definition) is 2. The highest BCUT2D eigenvalue weighted by Crippen LogP contribution is 2.17. The highest BCUT2D eigenvalue weighted by molar-refractivity contribution is 6.39. The third-order valence-corrected chi connectivity index (χ3v) is 5.38. The van der Waals surface area contributed by atoms with Crippen molar-refractivity contribution in [2.75, 3.05) is 31.5 Å². The molecular formula is C22H26ClN3O2. The topological polar surface area (TPSA) is 61.4 Å². The maximum Gasteiger partial charge on any atom is 0.313 e. The number of benzene rings is 2. The van der Waals surface area contributed by atoms with Gasteiger partial charge in [-0.3, -0.25) is 9.59 Å². The minimum Gasteiger partial charge on any atom is -0.348 e. The lowest BCUT2D eigenvalue weighted by Gasteiger charge is -2.32. The maximum atomic E-state index is 12.0. The van der Waals surface area contributed by atoms with Gasteiger partial charge in [-0.2, -0.15) is 0 Å². The minimum absolute atomic E-state index is 0.417. The smallest absolute Gasteiger partial charge is 0.313 e. The average Bonchev–Trinajstić information content (AvgIpc) is 2.73. The molecule has 2 aromatic rings. The fourth-order valence-corrected chi connectivity index (χ4v) is 3.51. The van der Waals surface area contributed by atoms with E-state index in [4.69, 9.17) is 11.6 Å². The van der Waals surface area contributed by atoms with E-state index in [-0.39, 0.29) is 0 Å². The van der Waals surface area contributed by atoms with Crippen molar-refractivity contribution in [2.24, 2.45) is 5.92 Å². The molecule has 0 aliphatic carbocycles. The molecule has 1 aliphatic heterocycles. The number of nitrogens with one attached hydrogen (secondary N) is 2. The second-order valence-corrected chi connectivity index (χ2v) is 7.63. The largest absolute Gasteiger partial charge is 0.348 e. The third-order valence-electron chi connectivity index (χ3n) is 5.13. The molecule has 0 saturated carbocycles. The van der Waals surface area contributed by atoms with Gasteiger partial charge in [-0.1, -0.05) is 41.9 Å². The lowest BCUT2D eigenvalue weighted by Crippen LogP contribution is -2.42. The van der Waals surface area contributed by atoms with Crippen LogP contribution < -0.4 is 10.6 Å². The molecule has 6 heteroatoms. The molecule has 1 saturated heterocycles. The van der Waals surface area contributed by atoms with Crippen LogP contribution in [0, 0.1) is 5.92 Å². The average molecular weight is 400 g/mol. The Hall–Kier alpha value is -2.37. The number of nitrogens with zero attached hydrogens (tertiary/aromatic N) is 1. The molecule has 1 heterocycles. The van der Waals surface area contributed by atoms with Gasteiger partial charge in [0.25, 0.3) is 0 Å². The van der Waals surface area contributed by atoms with Crippen molar-refractivity contribution in [2.45, 2.75) is 19.3 Å². The van der Waals surface area contributed by atoms with Gasteiger partial charge in [-0.15, -0.1) is 0 Å². The van der Waals surface area contributed by atoms with Crippen LogP contribution in [0.3, 0.4) is 0 Å². The SMILES string of the molecule is O=C(NCC1CCN(CCc2ccccc2)CC1)C(=O)Nc1ccc(Cl)cc1. The third kappa shape index (κ3) is 6.36. The van der Waals surface area contributed by atoms with Gasteiger partial charge in [0.15, 0.2) is 0 Å². The van der Waals surface area contributed by atoms with Crippen molar-refractivity contribution in [1.82, 2.24) is 10.2 Å². The van der Waals surface area contributed by atoms with Gasteiger partial charge in [-0.05, 0) is 68.1 Å². The van der Waals surface area contributed by atoms with E-state index in [1.54, 1.807) is 24.3 Å². The predicted molar refractivity (Wildman–Crippen MR) is 112 cm³/mol. The lowest BCUT2D eigenvalue weighted by molar-refractivity contribution is -0.136.